The molecule has 0 atom stereocenters. The summed E-state index contributed by atoms with van der Waals surface area (Å²) in [5, 5.41) is 5.59. The van der Waals surface area contributed by atoms with E-state index >= 15 is 0 Å². The highest BCUT2D eigenvalue weighted by atomic mass is 16.5. The SMILES string of the molecule is COc1ccc(C2(CNC(=O)C(=O)Nc3ccc4c(c3)N(C(=O)C(C)C)CCC4)CCCC2)cc1. The second-order valence-corrected chi connectivity index (χ2v) is 9.94. The quantitative estimate of drug-likeness (QED) is 0.611. The topological polar surface area (TPSA) is 87.7 Å². The highest BCUT2D eigenvalue weighted by Gasteiger charge is 2.36. The maximum Gasteiger partial charge on any atom is 0.313 e. The molecule has 1 aliphatic carbocycles. The summed E-state index contributed by atoms with van der Waals surface area (Å²) in [7, 11) is 1.64. The van der Waals surface area contributed by atoms with E-state index in [1.807, 2.05) is 44.2 Å². The molecule has 3 amide bonds. The number of methoxy groups -OCH3 is 1. The summed E-state index contributed by atoms with van der Waals surface area (Å²) in [4.78, 5) is 39.9. The highest BCUT2D eigenvalue weighted by molar-refractivity contribution is 6.39. The fourth-order valence-electron chi connectivity index (χ4n) is 5.27. The molecule has 0 unspecified atom stereocenters. The first kappa shape index (κ1) is 24.8. The molecule has 2 N–H and O–H groups in total. The maximum absolute atomic E-state index is 12.7. The van der Waals surface area contributed by atoms with Gasteiger partial charge in [0.2, 0.25) is 5.91 Å². The van der Waals surface area contributed by atoms with Crippen LogP contribution in [0.25, 0.3) is 0 Å². The summed E-state index contributed by atoms with van der Waals surface area (Å²) < 4.78 is 5.27. The first-order valence-corrected chi connectivity index (χ1v) is 12.5. The Balaban J connectivity index is 1.42. The molecule has 1 saturated carbocycles. The number of carbonyl (C=O) groups excluding carboxylic acids is 3. The van der Waals surface area contributed by atoms with Crippen LogP contribution in [-0.2, 0) is 26.2 Å². The number of hydrogen-bond acceptors (Lipinski definition) is 4. The number of benzene rings is 2. The number of fused-ring (bicyclic) bond motifs is 1. The fraction of sp³-hybridized carbons (Fsp3) is 0.464. The monoisotopic (exact) mass is 477 g/mol. The molecule has 1 aliphatic heterocycles. The lowest BCUT2D eigenvalue weighted by Crippen LogP contribution is -2.43. The van der Waals surface area contributed by atoms with Crippen LogP contribution in [0.2, 0.25) is 0 Å². The van der Waals surface area contributed by atoms with Crippen molar-refractivity contribution >= 4 is 29.1 Å². The molecule has 1 heterocycles. The minimum absolute atomic E-state index is 0.0626. The number of amides is 3. The van der Waals surface area contributed by atoms with Gasteiger partial charge in [-0.2, -0.15) is 0 Å². The summed E-state index contributed by atoms with van der Waals surface area (Å²) in [5.41, 5.74) is 3.39. The van der Waals surface area contributed by atoms with Gasteiger partial charge in [0.25, 0.3) is 0 Å². The van der Waals surface area contributed by atoms with Crippen LogP contribution in [0.3, 0.4) is 0 Å². The van der Waals surface area contributed by atoms with Gasteiger partial charge in [0.1, 0.15) is 5.75 Å². The Morgan fingerprint density at radius 3 is 2.37 bits per heavy atom. The van der Waals surface area contributed by atoms with Crippen LogP contribution in [-0.4, -0.2) is 37.9 Å². The van der Waals surface area contributed by atoms with Crippen LogP contribution in [0.15, 0.2) is 42.5 Å². The smallest absolute Gasteiger partial charge is 0.313 e. The van der Waals surface area contributed by atoms with Gasteiger partial charge < -0.3 is 20.3 Å². The minimum Gasteiger partial charge on any atom is -0.497 e. The summed E-state index contributed by atoms with van der Waals surface area (Å²) in [6, 6.07) is 13.5. The van der Waals surface area contributed by atoms with E-state index < -0.39 is 11.8 Å². The van der Waals surface area contributed by atoms with Gasteiger partial charge in [0.05, 0.1) is 7.11 Å². The zero-order chi connectivity index (χ0) is 25.0. The lowest BCUT2D eigenvalue weighted by molar-refractivity contribution is -0.136. The van der Waals surface area contributed by atoms with Crippen LogP contribution in [0.1, 0.15) is 57.1 Å². The zero-order valence-electron chi connectivity index (χ0n) is 20.9. The van der Waals surface area contributed by atoms with E-state index in [2.05, 4.69) is 10.6 Å². The van der Waals surface area contributed by atoms with Crippen molar-refractivity contribution in [1.29, 1.82) is 0 Å². The van der Waals surface area contributed by atoms with Crippen LogP contribution in [0.4, 0.5) is 11.4 Å². The van der Waals surface area contributed by atoms with E-state index in [0.717, 1.165) is 61.1 Å². The lowest BCUT2D eigenvalue weighted by atomic mass is 9.78. The molecule has 0 saturated heterocycles. The number of aryl methyl sites for hydroxylation is 1. The van der Waals surface area contributed by atoms with Crippen molar-refractivity contribution in [2.45, 2.75) is 57.8 Å². The first-order chi connectivity index (χ1) is 16.8. The molecule has 0 aromatic heterocycles. The van der Waals surface area contributed by atoms with Crippen molar-refractivity contribution < 1.29 is 19.1 Å². The number of nitrogens with zero attached hydrogens (tertiary/aromatic N) is 1. The third-order valence-electron chi connectivity index (χ3n) is 7.28. The number of ether oxygens (including phenoxy) is 1. The molecule has 0 bridgehead atoms. The summed E-state index contributed by atoms with van der Waals surface area (Å²) in [6.45, 7) is 4.84. The molecule has 7 heteroatoms. The number of nitrogens with one attached hydrogen (secondary N) is 2. The molecule has 2 aromatic rings. The van der Waals surface area contributed by atoms with Gasteiger partial charge in [-0.15, -0.1) is 0 Å². The Bertz CT molecular complexity index is 1090. The maximum atomic E-state index is 12.7. The molecular formula is C28H35N3O4. The van der Waals surface area contributed by atoms with Crippen LogP contribution >= 0.6 is 0 Å². The Hall–Kier alpha value is -3.35. The Morgan fingerprint density at radius 1 is 1.00 bits per heavy atom. The third-order valence-corrected chi connectivity index (χ3v) is 7.28. The van der Waals surface area contributed by atoms with Gasteiger partial charge in [-0.25, -0.2) is 0 Å². The molecule has 2 aromatic carbocycles. The average Bonchev–Trinajstić information content (AvgIpc) is 3.36. The third kappa shape index (κ3) is 5.34. The van der Waals surface area contributed by atoms with Crippen molar-refractivity contribution in [1.82, 2.24) is 5.32 Å². The van der Waals surface area contributed by atoms with E-state index in [4.69, 9.17) is 4.74 Å². The fourth-order valence-corrected chi connectivity index (χ4v) is 5.27. The van der Waals surface area contributed by atoms with Gasteiger partial charge in [-0.3, -0.25) is 14.4 Å². The Kier molecular flexibility index (Phi) is 7.43. The van der Waals surface area contributed by atoms with Crippen molar-refractivity contribution in [3.05, 3.63) is 53.6 Å². The Morgan fingerprint density at radius 2 is 1.71 bits per heavy atom. The molecule has 1 fully saturated rings. The average molecular weight is 478 g/mol. The van der Waals surface area contributed by atoms with E-state index in [-0.39, 0.29) is 17.2 Å². The van der Waals surface area contributed by atoms with Crippen LogP contribution in [0.5, 0.6) is 5.75 Å². The van der Waals surface area contributed by atoms with Gasteiger partial charge >= 0.3 is 11.8 Å². The summed E-state index contributed by atoms with van der Waals surface area (Å²) in [5.74, 6) is -0.613. The summed E-state index contributed by atoms with van der Waals surface area (Å²) in [6.07, 6.45) is 5.91. The Labute approximate surface area is 207 Å². The second kappa shape index (κ2) is 10.5. The molecule has 2 aliphatic rings. The standard InChI is InChI=1S/C28H35N3O4/c1-19(2)27(34)31-16-6-7-20-8-11-22(17-24(20)31)30-26(33)25(32)29-18-28(14-4-5-15-28)21-9-12-23(35-3)13-10-21/h8-13,17,19H,4-7,14-16,18H2,1-3H3,(H,29,32)(H,30,33). The van der Waals surface area contributed by atoms with Gasteiger partial charge in [-0.1, -0.05) is 44.9 Å². The van der Waals surface area contributed by atoms with Crippen molar-refractivity contribution in [3.8, 4) is 5.75 Å². The van der Waals surface area contributed by atoms with Crippen LogP contribution in [0, 0.1) is 5.92 Å². The number of hydrogen-bond donors (Lipinski definition) is 2. The normalized spacial score (nSPS) is 16.5. The molecule has 7 nitrogen and oxygen atoms in total. The molecular weight excluding hydrogens is 442 g/mol. The molecule has 0 spiro atoms. The largest absolute Gasteiger partial charge is 0.497 e. The molecule has 4 rings (SSSR count). The van der Waals surface area contributed by atoms with E-state index in [1.165, 1.54) is 0 Å². The second-order valence-electron chi connectivity index (χ2n) is 9.94. The van der Waals surface area contributed by atoms with Crippen molar-refractivity contribution in [2.24, 2.45) is 5.92 Å². The summed E-state index contributed by atoms with van der Waals surface area (Å²) >= 11 is 0. The molecule has 0 radical (unpaired) electrons. The predicted molar refractivity (Wildman–Crippen MR) is 137 cm³/mol. The van der Waals surface area contributed by atoms with Gasteiger partial charge in [0.15, 0.2) is 0 Å². The van der Waals surface area contributed by atoms with Gasteiger partial charge in [-0.05, 0) is 61.1 Å². The van der Waals surface area contributed by atoms with E-state index in [0.29, 0.717) is 18.8 Å². The lowest BCUT2D eigenvalue weighted by Gasteiger charge is -2.31. The molecule has 186 valence electrons. The predicted octanol–water partition coefficient (Wildman–Crippen LogP) is 4.20. The van der Waals surface area contributed by atoms with Gasteiger partial charge in [0, 0.05) is 35.8 Å². The van der Waals surface area contributed by atoms with Crippen molar-refractivity contribution in [3.63, 3.8) is 0 Å². The number of anilines is 2. The zero-order valence-corrected chi connectivity index (χ0v) is 20.9. The van der Waals surface area contributed by atoms with E-state index in [1.54, 1.807) is 24.1 Å². The van der Waals surface area contributed by atoms with Crippen LogP contribution < -0.4 is 20.3 Å². The highest BCUT2D eigenvalue weighted by Crippen LogP contribution is 2.41. The molecule has 35 heavy (non-hydrogen) atoms. The van der Waals surface area contributed by atoms with E-state index in [9.17, 15) is 14.4 Å². The number of rotatable bonds is 6. The number of carbonyl (C=O) groups is 3. The first-order valence-electron chi connectivity index (χ1n) is 12.5. The minimum atomic E-state index is -0.703. The van der Waals surface area contributed by atoms with Crippen molar-refractivity contribution in [2.75, 3.05) is 30.4 Å².